The van der Waals surface area contributed by atoms with E-state index in [0.29, 0.717) is 11.3 Å². The number of hydrogen-bond acceptors (Lipinski definition) is 4. The van der Waals surface area contributed by atoms with Crippen LogP contribution in [0.3, 0.4) is 0 Å². The molecule has 1 amide bonds. The number of nitrogens with zero attached hydrogens (tertiary/aromatic N) is 3. The SMILES string of the molecule is CN(C)Cc1cccc(-c2cnc3[nH]cc(NC(=O)c4cccnc4)c3c2)c1. The van der Waals surface area contributed by atoms with Crippen molar-refractivity contribution in [2.45, 2.75) is 6.54 Å². The van der Waals surface area contributed by atoms with Crippen molar-refractivity contribution in [3.63, 3.8) is 0 Å². The molecule has 0 fully saturated rings. The molecule has 0 radical (unpaired) electrons. The standard InChI is InChI=1S/C22H21N5O/c1-27(2)14-15-5-3-6-16(9-15)18-10-19-20(13-25-21(19)24-12-18)26-22(28)17-7-4-8-23-11-17/h3-13H,14H2,1-2H3,(H,24,25)(H,26,28). The number of pyridine rings is 2. The van der Waals surface area contributed by atoms with Crippen LogP contribution in [-0.4, -0.2) is 39.9 Å². The second-order valence-electron chi connectivity index (χ2n) is 6.96. The second kappa shape index (κ2) is 7.62. The molecule has 3 aromatic heterocycles. The van der Waals surface area contributed by atoms with Crippen molar-refractivity contribution in [1.29, 1.82) is 0 Å². The summed E-state index contributed by atoms with van der Waals surface area (Å²) in [5, 5.41) is 3.81. The molecule has 0 bridgehead atoms. The zero-order chi connectivity index (χ0) is 19.5. The molecule has 0 unspecified atom stereocenters. The van der Waals surface area contributed by atoms with E-state index in [-0.39, 0.29) is 5.91 Å². The Hall–Kier alpha value is -3.51. The summed E-state index contributed by atoms with van der Waals surface area (Å²) in [7, 11) is 4.11. The van der Waals surface area contributed by atoms with Gasteiger partial charge in [-0.1, -0.05) is 18.2 Å². The molecule has 2 N–H and O–H groups in total. The third kappa shape index (κ3) is 3.77. The lowest BCUT2D eigenvalue weighted by molar-refractivity contribution is 0.102. The van der Waals surface area contributed by atoms with Crippen molar-refractivity contribution < 1.29 is 4.79 Å². The Labute approximate surface area is 163 Å². The number of nitrogens with one attached hydrogen (secondary N) is 2. The van der Waals surface area contributed by atoms with Crippen LogP contribution in [-0.2, 0) is 6.54 Å². The molecule has 0 aliphatic carbocycles. The fourth-order valence-electron chi connectivity index (χ4n) is 3.17. The molecule has 6 nitrogen and oxygen atoms in total. The summed E-state index contributed by atoms with van der Waals surface area (Å²) in [6.45, 7) is 0.875. The highest BCUT2D eigenvalue weighted by Crippen LogP contribution is 2.28. The lowest BCUT2D eigenvalue weighted by Gasteiger charge is -2.11. The Bertz CT molecular complexity index is 1120. The predicted molar refractivity (Wildman–Crippen MR) is 111 cm³/mol. The number of amides is 1. The van der Waals surface area contributed by atoms with Crippen molar-refractivity contribution in [3.05, 3.63) is 78.4 Å². The third-order valence-corrected chi connectivity index (χ3v) is 4.46. The van der Waals surface area contributed by atoms with E-state index in [1.165, 1.54) is 5.56 Å². The summed E-state index contributed by atoms with van der Waals surface area (Å²) in [6, 6.07) is 13.9. The number of H-pyrrole nitrogens is 1. The van der Waals surface area contributed by atoms with Crippen LogP contribution < -0.4 is 5.32 Å². The van der Waals surface area contributed by atoms with E-state index < -0.39 is 0 Å². The lowest BCUT2D eigenvalue weighted by Crippen LogP contribution is -2.11. The maximum atomic E-state index is 12.5. The Kier molecular flexibility index (Phi) is 4.87. The van der Waals surface area contributed by atoms with Crippen LogP contribution in [0.1, 0.15) is 15.9 Å². The number of carbonyl (C=O) groups is 1. The van der Waals surface area contributed by atoms with Crippen molar-refractivity contribution in [2.75, 3.05) is 19.4 Å². The van der Waals surface area contributed by atoms with Gasteiger partial charge in [0.05, 0.1) is 11.3 Å². The smallest absolute Gasteiger partial charge is 0.257 e. The van der Waals surface area contributed by atoms with Crippen LogP contribution in [0, 0.1) is 0 Å². The van der Waals surface area contributed by atoms with Crippen LogP contribution in [0.2, 0.25) is 0 Å². The van der Waals surface area contributed by atoms with Crippen LogP contribution in [0.15, 0.2) is 67.3 Å². The van der Waals surface area contributed by atoms with Crippen molar-refractivity contribution in [1.82, 2.24) is 19.9 Å². The highest BCUT2D eigenvalue weighted by Gasteiger charge is 2.12. The first-order valence-corrected chi connectivity index (χ1v) is 9.03. The minimum atomic E-state index is -0.201. The summed E-state index contributed by atoms with van der Waals surface area (Å²) in [5.41, 5.74) is 5.28. The molecule has 3 heterocycles. The molecule has 4 rings (SSSR count). The van der Waals surface area contributed by atoms with E-state index in [9.17, 15) is 4.79 Å². The second-order valence-corrected chi connectivity index (χ2v) is 6.96. The van der Waals surface area contributed by atoms with Gasteiger partial charge in [0.1, 0.15) is 5.65 Å². The zero-order valence-corrected chi connectivity index (χ0v) is 15.8. The Morgan fingerprint density at radius 3 is 2.79 bits per heavy atom. The van der Waals surface area contributed by atoms with Crippen molar-refractivity contribution >= 4 is 22.6 Å². The van der Waals surface area contributed by atoms with Crippen molar-refractivity contribution in [2.24, 2.45) is 0 Å². The van der Waals surface area contributed by atoms with Crippen LogP contribution in [0.25, 0.3) is 22.2 Å². The minimum absolute atomic E-state index is 0.201. The average Bonchev–Trinajstić information content (AvgIpc) is 3.10. The van der Waals surface area contributed by atoms with Gasteiger partial charge in [0.25, 0.3) is 5.91 Å². The molecule has 0 saturated carbocycles. The van der Waals surface area contributed by atoms with Gasteiger partial charge >= 0.3 is 0 Å². The summed E-state index contributed by atoms with van der Waals surface area (Å²) >= 11 is 0. The van der Waals surface area contributed by atoms with Gasteiger partial charge in [0.2, 0.25) is 0 Å². The van der Waals surface area contributed by atoms with Gasteiger partial charge in [-0.15, -0.1) is 0 Å². The van der Waals surface area contributed by atoms with Crippen LogP contribution in [0.4, 0.5) is 5.69 Å². The predicted octanol–water partition coefficient (Wildman–Crippen LogP) is 3.94. The van der Waals surface area contributed by atoms with Crippen LogP contribution in [0.5, 0.6) is 0 Å². The number of aromatic amines is 1. The molecule has 0 spiro atoms. The number of fused-ring (bicyclic) bond motifs is 1. The van der Waals surface area contributed by atoms with Gasteiger partial charge in [-0.2, -0.15) is 0 Å². The third-order valence-electron chi connectivity index (χ3n) is 4.46. The summed E-state index contributed by atoms with van der Waals surface area (Å²) in [5.74, 6) is -0.201. The minimum Gasteiger partial charge on any atom is -0.344 e. The van der Waals surface area contributed by atoms with E-state index in [1.54, 1.807) is 30.7 Å². The number of benzene rings is 1. The maximum Gasteiger partial charge on any atom is 0.257 e. The molecular formula is C22H21N5O. The number of hydrogen-bond donors (Lipinski definition) is 2. The molecular weight excluding hydrogens is 350 g/mol. The summed E-state index contributed by atoms with van der Waals surface area (Å²) in [6.07, 6.45) is 6.80. The van der Waals surface area contributed by atoms with E-state index in [2.05, 4.69) is 63.5 Å². The Balaban J connectivity index is 1.66. The first-order valence-electron chi connectivity index (χ1n) is 9.03. The van der Waals surface area contributed by atoms with E-state index >= 15 is 0 Å². The molecule has 6 heteroatoms. The largest absolute Gasteiger partial charge is 0.344 e. The molecule has 0 saturated heterocycles. The number of anilines is 1. The Morgan fingerprint density at radius 1 is 1.11 bits per heavy atom. The molecule has 4 aromatic rings. The normalized spacial score (nSPS) is 11.1. The van der Waals surface area contributed by atoms with Gasteiger partial charge < -0.3 is 15.2 Å². The molecule has 1 aromatic carbocycles. The van der Waals surface area contributed by atoms with E-state index in [1.807, 2.05) is 12.3 Å². The highest BCUT2D eigenvalue weighted by molar-refractivity contribution is 6.08. The molecule has 0 atom stereocenters. The fraction of sp³-hybridized carbons (Fsp3) is 0.136. The monoisotopic (exact) mass is 371 g/mol. The zero-order valence-electron chi connectivity index (χ0n) is 15.8. The topological polar surface area (TPSA) is 73.9 Å². The molecule has 0 aliphatic heterocycles. The van der Waals surface area contributed by atoms with E-state index in [0.717, 1.165) is 28.7 Å². The van der Waals surface area contributed by atoms with E-state index in [4.69, 9.17) is 0 Å². The number of carbonyl (C=O) groups excluding carboxylic acids is 1. The van der Waals surface area contributed by atoms with Gasteiger partial charge in [-0.05, 0) is 49.5 Å². The van der Waals surface area contributed by atoms with Gasteiger partial charge in [-0.25, -0.2) is 4.98 Å². The van der Waals surface area contributed by atoms with Crippen molar-refractivity contribution in [3.8, 4) is 11.1 Å². The summed E-state index contributed by atoms with van der Waals surface area (Å²) in [4.78, 5) is 26.2. The summed E-state index contributed by atoms with van der Waals surface area (Å²) < 4.78 is 0. The first kappa shape index (κ1) is 17.9. The Morgan fingerprint density at radius 2 is 2.00 bits per heavy atom. The lowest BCUT2D eigenvalue weighted by atomic mass is 10.0. The number of rotatable bonds is 5. The molecule has 0 aliphatic rings. The highest BCUT2D eigenvalue weighted by atomic mass is 16.1. The molecule has 28 heavy (non-hydrogen) atoms. The van der Waals surface area contributed by atoms with Gasteiger partial charge in [-0.3, -0.25) is 9.78 Å². The quantitative estimate of drug-likeness (QED) is 0.557. The average molecular weight is 371 g/mol. The molecule has 140 valence electrons. The van der Waals surface area contributed by atoms with Crippen LogP contribution >= 0.6 is 0 Å². The van der Waals surface area contributed by atoms with Gasteiger partial charge in [0, 0.05) is 42.3 Å². The maximum absolute atomic E-state index is 12.5. The number of aromatic nitrogens is 3. The van der Waals surface area contributed by atoms with Gasteiger partial charge in [0.15, 0.2) is 0 Å². The fourth-order valence-corrected chi connectivity index (χ4v) is 3.17. The first-order chi connectivity index (χ1) is 13.6.